The fourth-order valence-electron chi connectivity index (χ4n) is 1.93. The smallest absolute Gasteiger partial charge is 0.438 e. The molecule has 0 saturated heterocycles. The predicted molar refractivity (Wildman–Crippen MR) is 94.5 cm³/mol. The Labute approximate surface area is 159 Å². The van der Waals surface area contributed by atoms with Crippen LogP contribution in [0.3, 0.4) is 0 Å². The molecule has 0 aliphatic rings. The molecule has 2 aromatic rings. The Bertz CT molecular complexity index is 977. The van der Waals surface area contributed by atoms with Crippen LogP contribution in [-0.2, 0) is 16.0 Å². The van der Waals surface area contributed by atoms with Gasteiger partial charge in [-0.15, -0.1) is 0 Å². The number of amides is 1. The van der Waals surface area contributed by atoms with Crippen molar-refractivity contribution in [1.29, 1.82) is 0 Å². The Morgan fingerprint density at radius 3 is 2.46 bits per heavy atom. The van der Waals surface area contributed by atoms with Crippen LogP contribution >= 0.6 is 0 Å². The van der Waals surface area contributed by atoms with E-state index in [1.807, 2.05) is 0 Å². The van der Waals surface area contributed by atoms with Gasteiger partial charge in [0.25, 0.3) is 5.91 Å². The third-order valence-corrected chi connectivity index (χ3v) is 3.83. The molecule has 0 fully saturated rings. The summed E-state index contributed by atoms with van der Waals surface area (Å²) in [5.41, 5.74) is -0.337. The van der Waals surface area contributed by atoms with E-state index in [1.165, 1.54) is 25.1 Å². The van der Waals surface area contributed by atoms with E-state index in [-0.39, 0.29) is 11.3 Å². The van der Waals surface area contributed by atoms with E-state index in [4.69, 9.17) is 4.74 Å². The maximum absolute atomic E-state index is 12.9. The first-order chi connectivity index (χ1) is 13.0. The quantitative estimate of drug-likeness (QED) is 0.779. The van der Waals surface area contributed by atoms with Crippen molar-refractivity contribution < 1.29 is 31.1 Å². The van der Waals surface area contributed by atoms with Gasteiger partial charge in [0.2, 0.25) is 11.7 Å². The number of ether oxygens (including phenoxy) is 1. The van der Waals surface area contributed by atoms with Gasteiger partial charge >= 0.3 is 6.18 Å². The summed E-state index contributed by atoms with van der Waals surface area (Å²) < 4.78 is 66.3. The van der Waals surface area contributed by atoms with Gasteiger partial charge in [-0.1, -0.05) is 24.3 Å². The molecule has 2 rings (SSSR count). The highest BCUT2D eigenvalue weighted by Gasteiger charge is 2.36. The number of para-hydroxylation sites is 1. The van der Waals surface area contributed by atoms with Crippen molar-refractivity contribution in [2.45, 2.75) is 19.1 Å². The van der Waals surface area contributed by atoms with Crippen molar-refractivity contribution in [1.82, 2.24) is 15.3 Å². The Hall–Kier alpha value is -2.95. The number of aromatic nitrogens is 2. The Kier molecular flexibility index (Phi) is 6.39. The van der Waals surface area contributed by atoms with Crippen LogP contribution in [0.4, 0.5) is 13.2 Å². The van der Waals surface area contributed by atoms with Crippen molar-refractivity contribution in [3.63, 3.8) is 0 Å². The first-order valence-corrected chi connectivity index (χ1v) is 9.77. The van der Waals surface area contributed by atoms with Gasteiger partial charge in [0.1, 0.15) is 11.3 Å². The van der Waals surface area contributed by atoms with Crippen LogP contribution in [0.1, 0.15) is 23.1 Å². The second kappa shape index (κ2) is 8.38. The van der Waals surface area contributed by atoms with Crippen LogP contribution in [0, 0.1) is 0 Å². The van der Waals surface area contributed by atoms with Crippen LogP contribution < -0.4 is 10.1 Å². The number of hydrogen-bond acceptors (Lipinski definition) is 6. The zero-order valence-electron chi connectivity index (χ0n) is 14.8. The van der Waals surface area contributed by atoms with Gasteiger partial charge < -0.3 is 10.1 Å². The molecule has 1 amide bonds. The molecule has 0 aliphatic carbocycles. The summed E-state index contributed by atoms with van der Waals surface area (Å²) in [6.45, 7) is 1.49. The van der Waals surface area contributed by atoms with Crippen LogP contribution in [0.2, 0.25) is 0 Å². The van der Waals surface area contributed by atoms with Gasteiger partial charge in [0, 0.05) is 23.9 Å². The standard InChI is InChI=1S/C17H16F3N3O4S/c1-11(8-9-28(2,25)26)22-14(24)13-10-21-16(17(18,19)20)23-15(13)27-12-6-4-3-5-7-12/h3-11H,1-2H3,(H,22,24). The molecule has 0 bridgehead atoms. The van der Waals surface area contributed by atoms with E-state index < -0.39 is 39.7 Å². The minimum Gasteiger partial charge on any atom is -0.438 e. The first kappa shape index (κ1) is 21.4. The number of benzene rings is 1. The minimum absolute atomic E-state index is 0.174. The molecular formula is C17H16F3N3O4S. The van der Waals surface area contributed by atoms with Gasteiger partial charge in [-0.2, -0.15) is 18.2 Å². The van der Waals surface area contributed by atoms with Crippen molar-refractivity contribution in [2.75, 3.05) is 6.26 Å². The number of nitrogens with one attached hydrogen (secondary N) is 1. The van der Waals surface area contributed by atoms with Gasteiger partial charge in [-0.05, 0) is 19.1 Å². The topological polar surface area (TPSA) is 98.2 Å². The lowest BCUT2D eigenvalue weighted by Crippen LogP contribution is -2.32. The number of rotatable bonds is 6. The summed E-state index contributed by atoms with van der Waals surface area (Å²) in [7, 11) is -3.40. The van der Waals surface area contributed by atoms with E-state index >= 15 is 0 Å². The molecule has 0 spiro atoms. The lowest BCUT2D eigenvalue weighted by molar-refractivity contribution is -0.145. The summed E-state index contributed by atoms with van der Waals surface area (Å²) in [6, 6.07) is 7.10. The van der Waals surface area contributed by atoms with Crippen LogP contribution in [0.25, 0.3) is 0 Å². The second-order valence-electron chi connectivity index (χ2n) is 5.75. The van der Waals surface area contributed by atoms with Gasteiger partial charge in [-0.3, -0.25) is 4.79 Å². The summed E-state index contributed by atoms with van der Waals surface area (Å²) in [4.78, 5) is 18.9. The zero-order valence-corrected chi connectivity index (χ0v) is 15.6. The molecule has 7 nitrogen and oxygen atoms in total. The second-order valence-corrected chi connectivity index (χ2v) is 7.68. The molecule has 28 heavy (non-hydrogen) atoms. The lowest BCUT2D eigenvalue weighted by atomic mass is 10.2. The largest absolute Gasteiger partial charge is 0.451 e. The average Bonchev–Trinajstić information content (AvgIpc) is 2.59. The Balaban J connectivity index is 2.33. The fourth-order valence-corrected chi connectivity index (χ4v) is 2.45. The van der Waals surface area contributed by atoms with Crippen molar-refractivity contribution in [3.05, 3.63) is 59.4 Å². The number of sulfone groups is 1. The lowest BCUT2D eigenvalue weighted by Gasteiger charge is -2.14. The highest BCUT2D eigenvalue weighted by Crippen LogP contribution is 2.30. The number of hydrogen-bond donors (Lipinski definition) is 1. The number of carbonyl (C=O) groups is 1. The minimum atomic E-state index is -4.82. The van der Waals surface area contributed by atoms with E-state index in [9.17, 15) is 26.4 Å². The Morgan fingerprint density at radius 2 is 1.89 bits per heavy atom. The normalized spacial score (nSPS) is 13.3. The molecule has 1 heterocycles. The molecule has 1 aromatic carbocycles. The molecule has 11 heteroatoms. The van der Waals surface area contributed by atoms with Crippen LogP contribution in [0.5, 0.6) is 11.6 Å². The first-order valence-electron chi connectivity index (χ1n) is 7.82. The maximum atomic E-state index is 12.9. The predicted octanol–water partition coefficient (Wildman–Crippen LogP) is 2.96. The van der Waals surface area contributed by atoms with E-state index in [1.54, 1.807) is 18.2 Å². The van der Waals surface area contributed by atoms with Crippen molar-refractivity contribution in [2.24, 2.45) is 0 Å². The number of halogens is 3. The summed E-state index contributed by atoms with van der Waals surface area (Å²) in [6.07, 6.45) is -1.92. The van der Waals surface area contributed by atoms with E-state index in [0.717, 1.165) is 11.7 Å². The summed E-state index contributed by atoms with van der Waals surface area (Å²) >= 11 is 0. The number of alkyl halides is 3. The van der Waals surface area contributed by atoms with Gasteiger partial charge in [-0.25, -0.2) is 13.4 Å². The third-order valence-electron chi connectivity index (χ3n) is 3.18. The summed E-state index contributed by atoms with van der Waals surface area (Å²) in [5, 5.41) is 3.33. The van der Waals surface area contributed by atoms with Crippen LogP contribution in [-0.4, -0.2) is 36.6 Å². The molecule has 0 radical (unpaired) electrons. The number of nitrogens with zero attached hydrogens (tertiary/aromatic N) is 2. The molecule has 1 atom stereocenters. The van der Waals surface area contributed by atoms with Crippen LogP contribution in [0.15, 0.2) is 48.0 Å². The fraction of sp³-hybridized carbons (Fsp3) is 0.235. The highest BCUT2D eigenvalue weighted by atomic mass is 32.2. The summed E-state index contributed by atoms with van der Waals surface area (Å²) in [5.74, 6) is -2.69. The molecule has 1 unspecified atom stereocenters. The van der Waals surface area contributed by atoms with E-state index in [0.29, 0.717) is 6.20 Å². The SMILES string of the molecule is CC(C=CS(C)(=O)=O)NC(=O)c1cnc(C(F)(F)F)nc1Oc1ccccc1. The zero-order chi connectivity index (χ0) is 20.9. The van der Waals surface area contributed by atoms with Gasteiger partial charge in [0.15, 0.2) is 9.84 Å². The monoisotopic (exact) mass is 415 g/mol. The number of carbonyl (C=O) groups excluding carboxylic acids is 1. The molecule has 0 aliphatic heterocycles. The molecule has 150 valence electrons. The van der Waals surface area contributed by atoms with E-state index in [2.05, 4.69) is 15.3 Å². The molecule has 0 saturated carbocycles. The third kappa shape index (κ3) is 6.34. The van der Waals surface area contributed by atoms with Crippen molar-refractivity contribution >= 4 is 15.7 Å². The Morgan fingerprint density at radius 1 is 1.25 bits per heavy atom. The highest BCUT2D eigenvalue weighted by molar-refractivity contribution is 7.93. The van der Waals surface area contributed by atoms with Crippen molar-refractivity contribution in [3.8, 4) is 11.6 Å². The molecule has 1 aromatic heterocycles. The maximum Gasteiger partial charge on any atom is 0.451 e. The molecule has 1 N–H and O–H groups in total. The average molecular weight is 415 g/mol. The van der Waals surface area contributed by atoms with Gasteiger partial charge in [0.05, 0.1) is 0 Å². The molecular weight excluding hydrogens is 399 g/mol.